The first kappa shape index (κ1) is 20.9. The van der Waals surface area contributed by atoms with Crippen LogP contribution in [0.5, 0.6) is 11.5 Å². The number of anilines is 2. The molecule has 166 valence electrons. The molecule has 1 aromatic heterocycles. The van der Waals surface area contributed by atoms with Crippen LogP contribution in [0.3, 0.4) is 0 Å². The van der Waals surface area contributed by atoms with Gasteiger partial charge in [0.1, 0.15) is 5.25 Å². The molecule has 5 rings (SSSR count). The quantitative estimate of drug-likeness (QED) is 0.569. The number of aromatic nitrogens is 3. The van der Waals surface area contributed by atoms with E-state index in [-0.39, 0.29) is 30.9 Å². The van der Waals surface area contributed by atoms with E-state index in [1.807, 2.05) is 6.07 Å². The van der Waals surface area contributed by atoms with Gasteiger partial charge in [0.25, 0.3) is 0 Å². The Morgan fingerprint density at radius 2 is 1.91 bits per heavy atom. The lowest BCUT2D eigenvalue weighted by Gasteiger charge is -2.15. The number of hydrogen-bond acceptors (Lipinski definition) is 9. The highest BCUT2D eigenvalue weighted by Gasteiger charge is 2.40. The molecule has 0 bridgehead atoms. The molecular weight excluding hydrogens is 446 g/mol. The van der Waals surface area contributed by atoms with Crippen LogP contribution in [0, 0.1) is 0 Å². The molecule has 1 atom stereocenters. The maximum Gasteiger partial charge on any atom is 0.247 e. The highest BCUT2D eigenvalue weighted by molar-refractivity contribution is 8.00. The Labute approximate surface area is 192 Å². The van der Waals surface area contributed by atoms with Crippen molar-refractivity contribution in [2.75, 3.05) is 17.0 Å². The lowest BCUT2D eigenvalue weighted by Crippen LogP contribution is -2.31. The normalized spacial score (nSPS) is 16.9. The first-order valence-electron chi connectivity index (χ1n) is 9.99. The average Bonchev–Trinajstić information content (AvgIpc) is 3.38. The fourth-order valence-corrected chi connectivity index (χ4v) is 4.46. The van der Waals surface area contributed by atoms with Crippen LogP contribution in [0.2, 0.25) is 0 Å². The van der Waals surface area contributed by atoms with Gasteiger partial charge < -0.3 is 14.8 Å². The molecular formula is C22H17N5O5S. The molecule has 0 spiro atoms. The van der Waals surface area contributed by atoms with Crippen molar-refractivity contribution in [3.63, 3.8) is 0 Å². The van der Waals surface area contributed by atoms with Gasteiger partial charge in [-0.05, 0) is 42.5 Å². The van der Waals surface area contributed by atoms with Gasteiger partial charge in [-0.3, -0.25) is 14.4 Å². The zero-order chi connectivity index (χ0) is 22.9. The van der Waals surface area contributed by atoms with Crippen molar-refractivity contribution < 1.29 is 23.9 Å². The molecule has 0 radical (unpaired) electrons. The van der Waals surface area contributed by atoms with Gasteiger partial charge in [-0.1, -0.05) is 11.8 Å². The van der Waals surface area contributed by atoms with Gasteiger partial charge in [0.2, 0.25) is 29.7 Å². The molecule has 3 amide bonds. The summed E-state index contributed by atoms with van der Waals surface area (Å²) in [6, 6.07) is 11.9. The number of carbonyl (C=O) groups excluding carboxylic acids is 3. The average molecular weight is 463 g/mol. The monoisotopic (exact) mass is 463 g/mol. The third kappa shape index (κ3) is 4.22. The molecule has 1 fully saturated rings. The van der Waals surface area contributed by atoms with Crippen LogP contribution in [0.1, 0.15) is 13.3 Å². The van der Waals surface area contributed by atoms with E-state index in [1.165, 1.54) is 13.1 Å². The van der Waals surface area contributed by atoms with E-state index in [0.717, 1.165) is 22.2 Å². The van der Waals surface area contributed by atoms with Crippen molar-refractivity contribution in [3.05, 3.63) is 48.7 Å². The Kier molecular flexibility index (Phi) is 5.38. The number of fused-ring (bicyclic) bond motifs is 1. The fourth-order valence-electron chi connectivity index (χ4n) is 3.52. The highest BCUT2D eigenvalue weighted by Crippen LogP contribution is 2.36. The van der Waals surface area contributed by atoms with Crippen molar-refractivity contribution in [2.24, 2.45) is 0 Å². The molecule has 2 aliphatic heterocycles. The summed E-state index contributed by atoms with van der Waals surface area (Å²) in [5, 5.41) is 10.3. The van der Waals surface area contributed by atoms with Gasteiger partial charge in [-0.15, -0.1) is 5.10 Å². The van der Waals surface area contributed by atoms with Gasteiger partial charge in [-0.25, -0.2) is 9.88 Å². The van der Waals surface area contributed by atoms with Crippen LogP contribution < -0.4 is 19.7 Å². The van der Waals surface area contributed by atoms with E-state index in [2.05, 4.69) is 20.5 Å². The Morgan fingerprint density at radius 3 is 2.70 bits per heavy atom. The number of rotatable bonds is 5. The number of thioether (sulfide) groups is 1. The minimum atomic E-state index is -0.665. The fraction of sp³-hybridized carbons (Fsp3) is 0.182. The zero-order valence-electron chi connectivity index (χ0n) is 17.3. The van der Waals surface area contributed by atoms with Gasteiger partial charge in [0, 0.05) is 24.6 Å². The topological polar surface area (TPSA) is 124 Å². The molecule has 3 heterocycles. The Morgan fingerprint density at radius 1 is 1.12 bits per heavy atom. The van der Waals surface area contributed by atoms with Gasteiger partial charge in [0.05, 0.1) is 17.6 Å². The zero-order valence-corrected chi connectivity index (χ0v) is 18.2. The number of amides is 3. The Hall–Kier alpha value is -3.99. The summed E-state index contributed by atoms with van der Waals surface area (Å²) < 4.78 is 10.7. The molecule has 0 aliphatic carbocycles. The second kappa shape index (κ2) is 8.51. The summed E-state index contributed by atoms with van der Waals surface area (Å²) in [5.74, 6) is 0.413. The lowest BCUT2D eigenvalue weighted by molar-refractivity contribution is -0.121. The second-order valence-corrected chi connectivity index (χ2v) is 8.47. The summed E-state index contributed by atoms with van der Waals surface area (Å²) in [7, 11) is 0. The first-order valence-corrected chi connectivity index (χ1v) is 10.9. The Balaban J connectivity index is 1.32. The SMILES string of the molecule is CC(=O)Nc1ccc(N2C(=O)CC(Sc3nncc(-c4ccc5c(c4)OCO5)n3)C2=O)cc1. The van der Waals surface area contributed by atoms with E-state index < -0.39 is 5.25 Å². The van der Waals surface area contributed by atoms with E-state index in [0.29, 0.717) is 33.7 Å². The number of carbonyl (C=O) groups is 3. The maximum atomic E-state index is 13.0. The van der Waals surface area contributed by atoms with E-state index in [1.54, 1.807) is 36.4 Å². The summed E-state index contributed by atoms with van der Waals surface area (Å²) in [6.07, 6.45) is 1.54. The number of hydrogen-bond donors (Lipinski definition) is 1. The minimum absolute atomic E-state index is 0.0224. The van der Waals surface area contributed by atoms with Crippen molar-refractivity contribution in [3.8, 4) is 22.8 Å². The molecule has 10 nitrogen and oxygen atoms in total. The molecule has 33 heavy (non-hydrogen) atoms. The largest absolute Gasteiger partial charge is 0.454 e. The molecule has 1 unspecified atom stereocenters. The van der Waals surface area contributed by atoms with E-state index >= 15 is 0 Å². The van der Waals surface area contributed by atoms with Crippen LogP contribution in [0.4, 0.5) is 11.4 Å². The van der Waals surface area contributed by atoms with E-state index in [9.17, 15) is 14.4 Å². The van der Waals surface area contributed by atoms with E-state index in [4.69, 9.17) is 9.47 Å². The Bertz CT molecular complexity index is 1270. The predicted molar refractivity (Wildman–Crippen MR) is 119 cm³/mol. The van der Waals surface area contributed by atoms with Gasteiger partial charge in [0.15, 0.2) is 11.5 Å². The molecule has 2 aliphatic rings. The highest BCUT2D eigenvalue weighted by atomic mass is 32.2. The number of benzene rings is 2. The van der Waals surface area contributed by atoms with Crippen LogP contribution in [0.15, 0.2) is 53.8 Å². The molecule has 11 heteroatoms. The van der Waals surface area contributed by atoms with Crippen molar-refractivity contribution in [1.29, 1.82) is 0 Å². The summed E-state index contributed by atoms with van der Waals surface area (Å²) in [4.78, 5) is 42.4. The lowest BCUT2D eigenvalue weighted by atomic mass is 10.1. The molecule has 2 aromatic carbocycles. The van der Waals surface area contributed by atoms with Crippen molar-refractivity contribution >= 4 is 40.9 Å². The number of imide groups is 1. The third-order valence-electron chi connectivity index (χ3n) is 5.01. The summed E-state index contributed by atoms with van der Waals surface area (Å²) in [5.41, 5.74) is 2.35. The predicted octanol–water partition coefficient (Wildman–Crippen LogP) is 2.65. The van der Waals surface area contributed by atoms with Gasteiger partial charge in [-0.2, -0.15) is 5.10 Å². The summed E-state index contributed by atoms with van der Waals surface area (Å²) in [6.45, 7) is 1.58. The molecule has 3 aromatic rings. The van der Waals surface area contributed by atoms with Gasteiger partial charge >= 0.3 is 0 Å². The smallest absolute Gasteiger partial charge is 0.247 e. The first-order chi connectivity index (χ1) is 16.0. The number of nitrogens with zero attached hydrogens (tertiary/aromatic N) is 4. The molecule has 1 saturated heterocycles. The van der Waals surface area contributed by atoms with Crippen molar-refractivity contribution in [2.45, 2.75) is 23.8 Å². The third-order valence-corrected chi connectivity index (χ3v) is 6.04. The number of ether oxygens (including phenoxy) is 2. The minimum Gasteiger partial charge on any atom is -0.454 e. The van der Waals surface area contributed by atoms with Crippen LogP contribution in [-0.4, -0.2) is 44.9 Å². The second-order valence-electron chi connectivity index (χ2n) is 7.30. The van der Waals surface area contributed by atoms with Crippen LogP contribution >= 0.6 is 11.8 Å². The molecule has 0 saturated carbocycles. The number of nitrogens with one attached hydrogen (secondary N) is 1. The molecule has 1 N–H and O–H groups in total. The van der Waals surface area contributed by atoms with Crippen molar-refractivity contribution in [1.82, 2.24) is 15.2 Å². The van der Waals surface area contributed by atoms with Crippen LogP contribution in [0.25, 0.3) is 11.3 Å². The standard InChI is InChI=1S/C22H17N5O5S/c1-12(28)24-14-3-5-15(6-4-14)27-20(29)9-19(21(27)30)33-22-25-16(10-23-26-22)13-2-7-17-18(8-13)32-11-31-17/h2-8,10,19H,9,11H2,1H3,(H,24,28). The van der Waals surface area contributed by atoms with Crippen LogP contribution in [-0.2, 0) is 14.4 Å². The maximum absolute atomic E-state index is 13.0. The summed E-state index contributed by atoms with van der Waals surface area (Å²) >= 11 is 1.10.